The van der Waals surface area contributed by atoms with Crippen LogP contribution in [0.5, 0.6) is 0 Å². The molecule has 9 heteroatoms. The molecular weight excluding hydrogens is 430 g/mol. The van der Waals surface area contributed by atoms with Crippen LogP contribution in [0.1, 0.15) is 43.1 Å². The molecule has 0 aliphatic heterocycles. The zero-order valence-corrected chi connectivity index (χ0v) is 18.8. The first kappa shape index (κ1) is 23.5. The van der Waals surface area contributed by atoms with Crippen molar-refractivity contribution in [3.63, 3.8) is 0 Å². The Morgan fingerprint density at radius 1 is 1.19 bits per heavy atom. The maximum atomic E-state index is 12.1. The number of nitrogens with zero attached hydrogens (tertiary/aromatic N) is 2. The van der Waals surface area contributed by atoms with E-state index in [4.69, 9.17) is 5.21 Å². The Morgan fingerprint density at radius 2 is 1.81 bits per heavy atom. The number of sulfone groups is 1. The number of rotatable bonds is 6. The van der Waals surface area contributed by atoms with Gasteiger partial charge in [0.15, 0.2) is 14.6 Å². The number of nitrogens with one attached hydrogen (secondary N) is 1. The quantitative estimate of drug-likeness (QED) is 0.298. The van der Waals surface area contributed by atoms with Crippen LogP contribution in [0.15, 0.2) is 48.7 Å². The van der Waals surface area contributed by atoms with Crippen LogP contribution in [-0.4, -0.2) is 45.4 Å². The van der Waals surface area contributed by atoms with Gasteiger partial charge in [0.25, 0.3) is 5.91 Å². The molecule has 3 aromatic rings. The Bertz CT molecular complexity index is 1300. The number of carbonyl (C=O) groups excluding carboxylic acids is 1. The summed E-state index contributed by atoms with van der Waals surface area (Å²) in [4.78, 5) is 12.0. The van der Waals surface area contributed by atoms with Crippen molar-refractivity contribution < 1.29 is 23.5 Å². The van der Waals surface area contributed by atoms with Crippen molar-refractivity contribution in [3.8, 4) is 11.8 Å². The number of carbonyl (C=O) groups is 1. The summed E-state index contributed by atoms with van der Waals surface area (Å²) < 4.78 is 24.1. The van der Waals surface area contributed by atoms with Crippen molar-refractivity contribution in [2.45, 2.75) is 37.7 Å². The summed E-state index contributed by atoms with van der Waals surface area (Å²) in [7, 11) is -3.78. The molecule has 0 radical (unpaired) electrons. The van der Waals surface area contributed by atoms with Gasteiger partial charge in [0, 0.05) is 29.3 Å². The van der Waals surface area contributed by atoms with Crippen LogP contribution >= 0.6 is 0 Å². The maximum absolute atomic E-state index is 12.1. The van der Waals surface area contributed by atoms with Gasteiger partial charge >= 0.3 is 0 Å². The SMILES string of the molecule is C[C@H](O)c1ccc(C#Cc2ccc3c(cnn3CC[C@](C)(C(=O)NO)S(C)(=O)=O)c2)cc1. The van der Waals surface area contributed by atoms with E-state index >= 15 is 0 Å². The van der Waals surface area contributed by atoms with E-state index in [0.29, 0.717) is 0 Å². The number of aliphatic hydroxyl groups excluding tert-OH is 1. The number of aliphatic hydroxyl groups is 1. The molecule has 0 aliphatic carbocycles. The highest BCUT2D eigenvalue weighted by molar-refractivity contribution is 7.92. The Kier molecular flexibility index (Phi) is 6.69. The van der Waals surface area contributed by atoms with E-state index in [1.165, 1.54) is 12.4 Å². The third-order valence-electron chi connectivity index (χ3n) is 5.59. The van der Waals surface area contributed by atoms with Crippen molar-refractivity contribution in [1.29, 1.82) is 0 Å². The Labute approximate surface area is 186 Å². The largest absolute Gasteiger partial charge is 0.389 e. The highest BCUT2D eigenvalue weighted by atomic mass is 32.2. The van der Waals surface area contributed by atoms with Gasteiger partial charge in [-0.25, -0.2) is 13.9 Å². The fraction of sp³-hybridized carbons (Fsp3) is 0.304. The van der Waals surface area contributed by atoms with Gasteiger partial charge in [0.2, 0.25) is 0 Å². The predicted octanol–water partition coefficient (Wildman–Crippen LogP) is 2.19. The van der Waals surface area contributed by atoms with Crippen molar-refractivity contribution >= 4 is 26.6 Å². The molecule has 0 spiro atoms. The smallest absolute Gasteiger partial charge is 0.264 e. The molecular formula is C23H25N3O5S. The van der Waals surface area contributed by atoms with Gasteiger partial charge in [-0.05, 0) is 56.2 Å². The second kappa shape index (κ2) is 9.12. The van der Waals surface area contributed by atoms with Gasteiger partial charge in [-0.1, -0.05) is 24.0 Å². The third-order valence-corrected chi connectivity index (χ3v) is 7.61. The lowest BCUT2D eigenvalue weighted by molar-refractivity contribution is -0.131. The average Bonchev–Trinajstić information content (AvgIpc) is 3.17. The molecule has 168 valence electrons. The molecule has 32 heavy (non-hydrogen) atoms. The molecule has 0 bridgehead atoms. The minimum atomic E-state index is -3.78. The van der Waals surface area contributed by atoms with E-state index in [1.54, 1.807) is 17.8 Å². The van der Waals surface area contributed by atoms with Crippen LogP contribution in [0.4, 0.5) is 0 Å². The molecule has 1 heterocycles. The van der Waals surface area contributed by atoms with Gasteiger partial charge in [0.1, 0.15) is 0 Å². The number of hydrogen-bond donors (Lipinski definition) is 3. The molecule has 1 amide bonds. The monoisotopic (exact) mass is 455 g/mol. The van der Waals surface area contributed by atoms with Crippen LogP contribution in [0.3, 0.4) is 0 Å². The average molecular weight is 456 g/mol. The summed E-state index contributed by atoms with van der Waals surface area (Å²) in [5.41, 5.74) is 4.66. The summed E-state index contributed by atoms with van der Waals surface area (Å²) in [6, 6.07) is 12.9. The molecule has 3 rings (SSSR count). The number of aryl methyl sites for hydroxylation is 1. The molecule has 0 saturated carbocycles. The predicted molar refractivity (Wildman–Crippen MR) is 121 cm³/mol. The molecule has 0 fully saturated rings. The van der Waals surface area contributed by atoms with E-state index in [0.717, 1.165) is 33.8 Å². The first-order chi connectivity index (χ1) is 15.0. The number of benzene rings is 2. The van der Waals surface area contributed by atoms with Crippen molar-refractivity contribution in [2.75, 3.05) is 6.26 Å². The number of hydroxylamine groups is 1. The molecule has 0 unspecified atom stereocenters. The zero-order chi connectivity index (χ0) is 23.5. The van der Waals surface area contributed by atoms with Gasteiger partial charge in [0.05, 0.1) is 17.8 Å². The molecule has 8 nitrogen and oxygen atoms in total. The lowest BCUT2D eigenvalue weighted by Gasteiger charge is -2.25. The van der Waals surface area contributed by atoms with E-state index in [-0.39, 0.29) is 13.0 Å². The second-order valence-electron chi connectivity index (χ2n) is 7.88. The van der Waals surface area contributed by atoms with Crippen LogP contribution in [-0.2, 0) is 21.2 Å². The summed E-state index contributed by atoms with van der Waals surface area (Å²) >= 11 is 0. The van der Waals surface area contributed by atoms with Gasteiger partial charge in [-0.2, -0.15) is 5.10 Å². The molecule has 0 saturated heterocycles. The maximum Gasteiger partial charge on any atom is 0.264 e. The summed E-state index contributed by atoms with van der Waals surface area (Å²) in [6.07, 6.45) is 2.04. The summed E-state index contributed by atoms with van der Waals surface area (Å²) in [5, 5.41) is 23.7. The Morgan fingerprint density at radius 3 is 2.41 bits per heavy atom. The molecule has 2 atom stereocenters. The Hall–Kier alpha value is -3.19. The van der Waals surface area contributed by atoms with Crippen LogP contribution in [0.2, 0.25) is 0 Å². The van der Waals surface area contributed by atoms with E-state index in [1.807, 2.05) is 42.5 Å². The minimum Gasteiger partial charge on any atom is -0.389 e. The topological polar surface area (TPSA) is 122 Å². The van der Waals surface area contributed by atoms with Crippen molar-refractivity contribution in [2.24, 2.45) is 0 Å². The van der Waals surface area contributed by atoms with E-state index < -0.39 is 26.6 Å². The van der Waals surface area contributed by atoms with Crippen molar-refractivity contribution in [3.05, 3.63) is 65.4 Å². The molecule has 2 aromatic carbocycles. The highest BCUT2D eigenvalue weighted by Crippen LogP contribution is 2.24. The lowest BCUT2D eigenvalue weighted by Crippen LogP contribution is -2.49. The van der Waals surface area contributed by atoms with Gasteiger partial charge in [-0.3, -0.25) is 14.7 Å². The Balaban J connectivity index is 1.80. The van der Waals surface area contributed by atoms with E-state index in [9.17, 15) is 18.3 Å². The van der Waals surface area contributed by atoms with Crippen molar-refractivity contribution in [1.82, 2.24) is 15.3 Å². The van der Waals surface area contributed by atoms with Crippen LogP contribution in [0.25, 0.3) is 10.9 Å². The summed E-state index contributed by atoms with van der Waals surface area (Å²) in [6.45, 7) is 3.15. The third kappa shape index (κ3) is 4.83. The standard InChI is InChI=1S/C23H25N3O5S/c1-16(27)19-9-6-17(7-10-19)4-5-18-8-11-21-20(14-18)15-24-26(21)13-12-23(2,22(28)25-29)32(3,30)31/h6-11,14-16,27,29H,12-13H2,1-3H3,(H,25,28)/t16-,23+/m0/s1. The first-order valence-corrected chi connectivity index (χ1v) is 11.8. The summed E-state index contributed by atoms with van der Waals surface area (Å²) in [5.74, 6) is 5.21. The normalized spacial score (nSPS) is 14.3. The fourth-order valence-corrected chi connectivity index (χ4v) is 4.08. The first-order valence-electron chi connectivity index (χ1n) is 9.95. The highest BCUT2D eigenvalue weighted by Gasteiger charge is 2.43. The van der Waals surface area contributed by atoms with Gasteiger partial charge in [-0.15, -0.1) is 0 Å². The zero-order valence-electron chi connectivity index (χ0n) is 18.0. The number of aromatic nitrogens is 2. The second-order valence-corrected chi connectivity index (χ2v) is 10.3. The lowest BCUT2D eigenvalue weighted by atomic mass is 10.1. The van der Waals surface area contributed by atoms with E-state index in [2.05, 4.69) is 16.9 Å². The van der Waals surface area contributed by atoms with Gasteiger partial charge < -0.3 is 5.11 Å². The number of hydrogen-bond acceptors (Lipinski definition) is 6. The molecule has 0 aliphatic rings. The fourth-order valence-electron chi connectivity index (χ4n) is 3.24. The molecule has 3 N–H and O–H groups in total. The minimum absolute atomic E-state index is 0.0565. The van der Waals surface area contributed by atoms with Crippen LogP contribution < -0.4 is 5.48 Å². The molecule has 1 aromatic heterocycles. The number of fused-ring (bicyclic) bond motifs is 1. The van der Waals surface area contributed by atoms with Crippen LogP contribution in [0, 0.1) is 11.8 Å². The number of amides is 1.